The van der Waals surface area contributed by atoms with Crippen LogP contribution in [0.15, 0.2) is 9.59 Å². The second-order valence-electron chi connectivity index (χ2n) is 8.47. The molecular formula is C19H27N5O4. The van der Waals surface area contributed by atoms with E-state index < -0.39 is 11.7 Å². The van der Waals surface area contributed by atoms with Gasteiger partial charge in [-0.1, -0.05) is 6.92 Å². The van der Waals surface area contributed by atoms with Crippen LogP contribution in [0.1, 0.15) is 57.7 Å². The Kier molecular flexibility index (Phi) is 4.65. The summed E-state index contributed by atoms with van der Waals surface area (Å²) in [5, 5.41) is 11.9. The highest BCUT2D eigenvalue weighted by Gasteiger charge is 2.50. The molecule has 0 aromatic carbocycles. The smallest absolute Gasteiger partial charge is 0.330 e. The fourth-order valence-electron chi connectivity index (χ4n) is 5.01. The Balaban J connectivity index is 1.59. The van der Waals surface area contributed by atoms with Crippen LogP contribution in [0.4, 0.5) is 0 Å². The third kappa shape index (κ3) is 3.07. The van der Waals surface area contributed by atoms with E-state index in [4.69, 9.17) is 5.11 Å². The van der Waals surface area contributed by atoms with Crippen molar-refractivity contribution < 1.29 is 9.90 Å². The van der Waals surface area contributed by atoms with Gasteiger partial charge in [-0.2, -0.15) is 0 Å². The third-order valence-corrected chi connectivity index (χ3v) is 6.76. The van der Waals surface area contributed by atoms with Crippen molar-refractivity contribution in [2.75, 3.05) is 13.1 Å². The van der Waals surface area contributed by atoms with E-state index in [1.807, 2.05) is 6.92 Å². The second kappa shape index (κ2) is 6.88. The number of aromatic amines is 2. The predicted molar refractivity (Wildman–Crippen MR) is 104 cm³/mol. The van der Waals surface area contributed by atoms with Crippen LogP contribution in [0.2, 0.25) is 0 Å². The summed E-state index contributed by atoms with van der Waals surface area (Å²) in [7, 11) is 0. The Morgan fingerprint density at radius 2 is 1.86 bits per heavy atom. The minimum absolute atomic E-state index is 0.00608. The number of aliphatic carboxylic acids is 1. The number of fused-ring (bicyclic) bond motifs is 4. The van der Waals surface area contributed by atoms with Crippen molar-refractivity contribution in [1.29, 1.82) is 0 Å². The molecule has 152 valence electrons. The van der Waals surface area contributed by atoms with E-state index in [0.717, 1.165) is 50.9 Å². The number of imidazole rings is 1. The van der Waals surface area contributed by atoms with Crippen molar-refractivity contribution >= 4 is 17.1 Å². The highest BCUT2D eigenvalue weighted by Crippen LogP contribution is 2.56. The zero-order valence-corrected chi connectivity index (χ0v) is 16.1. The van der Waals surface area contributed by atoms with Gasteiger partial charge in [0.05, 0.1) is 6.54 Å². The van der Waals surface area contributed by atoms with Gasteiger partial charge in [-0.3, -0.25) is 19.1 Å². The fourth-order valence-corrected chi connectivity index (χ4v) is 5.01. The molecule has 0 amide bonds. The molecule has 28 heavy (non-hydrogen) atoms. The lowest BCUT2D eigenvalue weighted by molar-refractivity contribution is -0.136. The number of carboxylic acid groups (broad SMARTS) is 1. The van der Waals surface area contributed by atoms with Crippen molar-refractivity contribution in [2.24, 2.45) is 5.41 Å². The van der Waals surface area contributed by atoms with Gasteiger partial charge in [-0.05, 0) is 50.4 Å². The molecule has 3 aliphatic carbocycles. The number of nitrogens with one attached hydrogen (secondary N) is 3. The van der Waals surface area contributed by atoms with Crippen LogP contribution in [0.5, 0.6) is 0 Å². The van der Waals surface area contributed by atoms with Crippen LogP contribution in [0.25, 0.3) is 11.2 Å². The average Bonchev–Trinajstić information content (AvgIpc) is 3.11. The van der Waals surface area contributed by atoms with Gasteiger partial charge in [0.2, 0.25) is 0 Å². The molecule has 0 saturated heterocycles. The lowest BCUT2D eigenvalue weighted by atomic mass is 9.53. The molecule has 3 saturated carbocycles. The largest absolute Gasteiger partial charge is 0.480 e. The summed E-state index contributed by atoms with van der Waals surface area (Å²) in [5.41, 5.74) is 0.0678. The molecule has 2 aromatic rings. The lowest BCUT2D eigenvalue weighted by Crippen LogP contribution is -2.49. The van der Waals surface area contributed by atoms with Crippen molar-refractivity contribution in [3.8, 4) is 0 Å². The number of hydrogen-bond donors (Lipinski definition) is 4. The van der Waals surface area contributed by atoms with Gasteiger partial charge in [0.15, 0.2) is 5.65 Å². The second-order valence-corrected chi connectivity index (χ2v) is 8.47. The molecule has 0 aliphatic heterocycles. The van der Waals surface area contributed by atoms with E-state index >= 15 is 0 Å². The van der Waals surface area contributed by atoms with E-state index in [9.17, 15) is 14.4 Å². The van der Waals surface area contributed by atoms with Crippen molar-refractivity contribution in [3.05, 3.63) is 26.7 Å². The van der Waals surface area contributed by atoms with Crippen molar-refractivity contribution in [2.45, 2.75) is 63.8 Å². The monoisotopic (exact) mass is 389 g/mol. The van der Waals surface area contributed by atoms with E-state index in [0.29, 0.717) is 24.1 Å². The highest BCUT2D eigenvalue weighted by atomic mass is 16.4. The Bertz CT molecular complexity index is 993. The molecular weight excluding hydrogens is 362 g/mol. The van der Waals surface area contributed by atoms with Crippen LogP contribution >= 0.6 is 0 Å². The molecule has 5 rings (SSSR count). The first-order valence-electron chi connectivity index (χ1n) is 10.0. The standard InChI is InChI=1S/C19H27N5O4/c1-2-9-24-15(27)13-14(23-17(24)28)22-16(21-13)19-6-3-18(4-7-19,5-8-19)11-20-10-12(25)26/h20H,2-11H2,1H3,(H,21,22)(H,23,28)(H,25,26). The molecule has 9 heteroatoms. The van der Waals surface area contributed by atoms with Crippen LogP contribution < -0.4 is 16.6 Å². The first-order valence-corrected chi connectivity index (χ1v) is 10.0. The highest BCUT2D eigenvalue weighted by molar-refractivity contribution is 5.69. The Morgan fingerprint density at radius 1 is 1.18 bits per heavy atom. The zero-order chi connectivity index (χ0) is 19.9. The maximum absolute atomic E-state index is 12.7. The summed E-state index contributed by atoms with van der Waals surface area (Å²) in [6.45, 7) is 3.03. The minimum Gasteiger partial charge on any atom is -0.480 e. The van der Waals surface area contributed by atoms with Gasteiger partial charge >= 0.3 is 11.7 Å². The number of carboxylic acids is 1. The number of nitrogens with zero attached hydrogens (tertiary/aromatic N) is 2. The first kappa shape index (κ1) is 18.9. The van der Waals surface area contributed by atoms with Crippen molar-refractivity contribution in [3.63, 3.8) is 0 Å². The third-order valence-electron chi connectivity index (χ3n) is 6.76. The van der Waals surface area contributed by atoms with Gasteiger partial charge in [0.1, 0.15) is 11.3 Å². The first-order chi connectivity index (χ1) is 13.4. The molecule has 0 unspecified atom stereocenters. The SMILES string of the molecule is CCCn1c(=O)[nH]c2nc(C34CCC(CNCC(=O)O)(CC3)CC4)[nH]c2c1=O. The van der Waals surface area contributed by atoms with Gasteiger partial charge in [-0.25, -0.2) is 9.78 Å². The topological polar surface area (TPSA) is 133 Å². The summed E-state index contributed by atoms with van der Waals surface area (Å²) >= 11 is 0. The van der Waals surface area contributed by atoms with Crippen LogP contribution in [-0.2, 0) is 16.8 Å². The maximum Gasteiger partial charge on any atom is 0.330 e. The molecule has 3 aliphatic rings. The molecule has 2 bridgehead atoms. The molecule has 0 spiro atoms. The van der Waals surface area contributed by atoms with Gasteiger partial charge in [0, 0.05) is 18.5 Å². The molecule has 2 heterocycles. The van der Waals surface area contributed by atoms with E-state index in [-0.39, 0.29) is 22.9 Å². The van der Waals surface area contributed by atoms with Crippen LogP contribution in [0, 0.1) is 5.41 Å². The van der Waals surface area contributed by atoms with Gasteiger partial charge in [0.25, 0.3) is 5.56 Å². The molecule has 0 radical (unpaired) electrons. The Labute approximate surface area is 161 Å². The summed E-state index contributed by atoms with van der Waals surface area (Å²) in [6, 6.07) is 0. The van der Waals surface area contributed by atoms with Crippen LogP contribution in [-0.4, -0.2) is 43.7 Å². The summed E-state index contributed by atoms with van der Waals surface area (Å²) in [5.74, 6) is -0.0290. The summed E-state index contributed by atoms with van der Waals surface area (Å²) in [4.78, 5) is 46.2. The number of hydrogen-bond acceptors (Lipinski definition) is 5. The quantitative estimate of drug-likeness (QED) is 0.560. The van der Waals surface area contributed by atoms with Gasteiger partial charge in [-0.15, -0.1) is 0 Å². The van der Waals surface area contributed by atoms with Crippen molar-refractivity contribution in [1.82, 2.24) is 24.8 Å². The minimum atomic E-state index is -0.831. The molecule has 4 N–H and O–H groups in total. The molecule has 3 fully saturated rings. The number of rotatable bonds is 7. The van der Waals surface area contributed by atoms with Crippen LogP contribution in [0.3, 0.4) is 0 Å². The predicted octanol–water partition coefficient (Wildman–Crippen LogP) is 1.09. The molecule has 2 aromatic heterocycles. The Morgan fingerprint density at radius 3 is 2.46 bits per heavy atom. The molecule has 0 atom stereocenters. The maximum atomic E-state index is 12.7. The number of H-pyrrole nitrogens is 2. The summed E-state index contributed by atoms with van der Waals surface area (Å²) in [6.07, 6.45) is 6.59. The summed E-state index contributed by atoms with van der Waals surface area (Å²) < 4.78 is 1.23. The normalized spacial score (nSPS) is 26.8. The fraction of sp³-hybridized carbons (Fsp3) is 0.684. The zero-order valence-electron chi connectivity index (χ0n) is 16.1. The van der Waals surface area contributed by atoms with E-state index in [1.54, 1.807) is 0 Å². The van der Waals surface area contributed by atoms with Gasteiger partial charge < -0.3 is 15.4 Å². The van der Waals surface area contributed by atoms with E-state index in [2.05, 4.69) is 20.3 Å². The number of aromatic nitrogens is 4. The molecule has 9 nitrogen and oxygen atoms in total. The van der Waals surface area contributed by atoms with E-state index in [1.165, 1.54) is 4.57 Å². The lowest BCUT2D eigenvalue weighted by Gasteiger charge is -2.52. The number of carbonyl (C=O) groups is 1. The Hall–Kier alpha value is -2.42. The average molecular weight is 389 g/mol.